The van der Waals surface area contributed by atoms with Gasteiger partial charge in [0.2, 0.25) is 0 Å². The van der Waals surface area contributed by atoms with Crippen LogP contribution in [0.1, 0.15) is 81.9 Å². The van der Waals surface area contributed by atoms with Crippen molar-refractivity contribution in [3.63, 3.8) is 0 Å². The van der Waals surface area contributed by atoms with Gasteiger partial charge in [-0.05, 0) is 53.5 Å². The first kappa shape index (κ1) is 26.1. The minimum atomic E-state index is -0.105. The molecule has 0 radical (unpaired) electrons. The number of amides is 2. The minimum absolute atomic E-state index is 0. The molecule has 0 saturated heterocycles. The van der Waals surface area contributed by atoms with Crippen molar-refractivity contribution in [3.8, 4) is 0 Å². The molecule has 2 amide bonds. The molecule has 0 atom stereocenters. The maximum Gasteiger partial charge on any atom is 0.319 e. The van der Waals surface area contributed by atoms with Crippen LogP contribution in [0.15, 0.2) is 42.5 Å². The van der Waals surface area contributed by atoms with E-state index in [0.29, 0.717) is 18.4 Å². The first-order valence-electron chi connectivity index (χ1n) is 11.7. The number of urea groups is 1. The van der Waals surface area contributed by atoms with Crippen LogP contribution < -0.4 is 15.5 Å². The lowest BCUT2D eigenvalue weighted by Gasteiger charge is -2.31. The molecule has 0 aliphatic heterocycles. The Bertz CT molecular complexity index is 858. The van der Waals surface area contributed by atoms with Gasteiger partial charge >= 0.3 is 6.03 Å². The van der Waals surface area contributed by atoms with E-state index in [2.05, 4.69) is 99.8 Å². The smallest absolute Gasteiger partial charge is 0.319 e. The van der Waals surface area contributed by atoms with Gasteiger partial charge in [-0.2, -0.15) is 0 Å². The molecule has 3 rings (SSSR count). The molecule has 2 aromatic carbocycles. The van der Waals surface area contributed by atoms with Gasteiger partial charge in [-0.25, -0.2) is 4.79 Å². The van der Waals surface area contributed by atoms with Crippen molar-refractivity contribution < 1.29 is 4.79 Å². The molecule has 0 unspecified atom stereocenters. The van der Waals surface area contributed by atoms with Crippen LogP contribution in [0.2, 0.25) is 0 Å². The monoisotopic (exact) mass is 457 g/mol. The number of carbonyl (C=O) groups excluding carboxylic acids is 1. The number of rotatable bonds is 7. The zero-order chi connectivity index (χ0) is 22.6. The van der Waals surface area contributed by atoms with Gasteiger partial charge in [-0.3, -0.25) is 0 Å². The summed E-state index contributed by atoms with van der Waals surface area (Å²) in [7, 11) is 4.12. The maximum atomic E-state index is 13.0. The summed E-state index contributed by atoms with van der Waals surface area (Å²) in [6.45, 7) is 9.36. The molecule has 1 saturated carbocycles. The largest absolute Gasteiger partial charge is 0.378 e. The average molecular weight is 458 g/mol. The van der Waals surface area contributed by atoms with Gasteiger partial charge in [0.25, 0.3) is 0 Å². The van der Waals surface area contributed by atoms with E-state index in [0.717, 1.165) is 18.5 Å². The molecule has 1 aliphatic carbocycles. The Morgan fingerprint density at radius 3 is 1.94 bits per heavy atom. The molecular formula is C27H40ClN3O. The number of anilines is 2. The molecule has 2 N–H and O–H groups in total. The molecule has 32 heavy (non-hydrogen) atoms. The van der Waals surface area contributed by atoms with E-state index in [1.807, 2.05) is 0 Å². The summed E-state index contributed by atoms with van der Waals surface area (Å²) in [5.74, 6) is 0.704. The predicted octanol–water partition coefficient (Wildman–Crippen LogP) is 7.05. The Balaban J connectivity index is 0.00000363. The first-order valence-corrected chi connectivity index (χ1v) is 11.7. The van der Waals surface area contributed by atoms with Crippen molar-refractivity contribution in [1.82, 2.24) is 5.32 Å². The number of hydrogen-bond donors (Lipinski definition) is 2. The fourth-order valence-electron chi connectivity index (χ4n) is 4.83. The van der Waals surface area contributed by atoms with Crippen molar-refractivity contribution in [2.24, 2.45) is 0 Å². The number of nitrogens with zero attached hydrogens (tertiary/aromatic N) is 1. The third-order valence-electron chi connectivity index (χ3n) is 6.76. The standard InChI is InChI=1S/C27H39N3O.ClH/c1-19(2)23-10-9-11-24(20(3)4)25(23)29-26(31)28-18-27(16-7-8-17-27)21-12-14-22(15-13-21)30(5)6;/h9-15,19-20H,7-8,16-18H2,1-6H3,(H2,28,29,31);1H. The highest BCUT2D eigenvalue weighted by Crippen LogP contribution is 2.41. The summed E-state index contributed by atoms with van der Waals surface area (Å²) in [6.07, 6.45) is 4.67. The Kier molecular flexibility index (Phi) is 9.03. The molecule has 176 valence electrons. The lowest BCUT2D eigenvalue weighted by molar-refractivity contribution is 0.248. The van der Waals surface area contributed by atoms with Crippen molar-refractivity contribution in [1.29, 1.82) is 0 Å². The van der Waals surface area contributed by atoms with E-state index in [4.69, 9.17) is 0 Å². The molecule has 5 heteroatoms. The molecule has 2 aromatic rings. The molecule has 0 bridgehead atoms. The van der Waals surface area contributed by atoms with Crippen LogP contribution in [-0.4, -0.2) is 26.7 Å². The minimum Gasteiger partial charge on any atom is -0.378 e. The van der Waals surface area contributed by atoms with Crippen LogP contribution >= 0.6 is 12.4 Å². The molecule has 1 aliphatic rings. The van der Waals surface area contributed by atoms with Gasteiger partial charge in [-0.1, -0.05) is 70.9 Å². The van der Waals surface area contributed by atoms with Crippen molar-refractivity contribution in [2.75, 3.05) is 30.9 Å². The summed E-state index contributed by atoms with van der Waals surface area (Å²) in [5, 5.41) is 6.42. The molecule has 4 nitrogen and oxygen atoms in total. The van der Waals surface area contributed by atoms with Crippen molar-refractivity contribution >= 4 is 29.8 Å². The molecule has 0 spiro atoms. The number of hydrogen-bond acceptors (Lipinski definition) is 2. The van der Waals surface area contributed by atoms with Gasteiger partial charge in [0.05, 0.1) is 0 Å². The second-order valence-corrected chi connectivity index (χ2v) is 9.86. The molecule has 1 fully saturated rings. The quantitative estimate of drug-likeness (QED) is 0.467. The molecule has 0 heterocycles. The van der Waals surface area contributed by atoms with E-state index >= 15 is 0 Å². The van der Waals surface area contributed by atoms with Crippen LogP contribution in [0.3, 0.4) is 0 Å². The maximum absolute atomic E-state index is 13.0. The van der Waals surface area contributed by atoms with E-state index in [1.54, 1.807) is 0 Å². The summed E-state index contributed by atoms with van der Waals surface area (Å²) < 4.78 is 0. The van der Waals surface area contributed by atoms with E-state index in [9.17, 15) is 4.79 Å². The van der Waals surface area contributed by atoms with Gasteiger partial charge < -0.3 is 15.5 Å². The Labute approximate surface area is 200 Å². The Hall–Kier alpha value is -2.20. The second-order valence-electron chi connectivity index (χ2n) is 9.86. The molecule has 0 aromatic heterocycles. The third-order valence-corrected chi connectivity index (χ3v) is 6.76. The summed E-state index contributed by atoms with van der Waals surface area (Å²) in [5.41, 5.74) is 5.92. The summed E-state index contributed by atoms with van der Waals surface area (Å²) in [6, 6.07) is 15.1. The van der Waals surface area contributed by atoms with Gasteiger partial charge in [0.1, 0.15) is 0 Å². The third kappa shape index (κ3) is 5.78. The second kappa shape index (κ2) is 11.1. The van der Waals surface area contributed by atoms with E-state index in [1.165, 1.54) is 35.2 Å². The normalized spacial score (nSPS) is 14.9. The zero-order valence-corrected chi connectivity index (χ0v) is 21.3. The number of benzene rings is 2. The Morgan fingerprint density at radius 2 is 1.47 bits per heavy atom. The number of carbonyl (C=O) groups is 1. The van der Waals surface area contributed by atoms with Crippen LogP contribution in [0.5, 0.6) is 0 Å². The average Bonchev–Trinajstić information content (AvgIpc) is 3.22. The highest BCUT2D eigenvalue weighted by atomic mass is 35.5. The highest BCUT2D eigenvalue weighted by Gasteiger charge is 2.36. The topological polar surface area (TPSA) is 44.4 Å². The Morgan fingerprint density at radius 1 is 0.938 bits per heavy atom. The van der Waals surface area contributed by atoms with Gasteiger partial charge in [-0.15, -0.1) is 12.4 Å². The number of para-hydroxylation sites is 1. The lowest BCUT2D eigenvalue weighted by Crippen LogP contribution is -2.41. The summed E-state index contributed by atoms with van der Waals surface area (Å²) in [4.78, 5) is 15.1. The van der Waals surface area contributed by atoms with Crippen molar-refractivity contribution in [3.05, 3.63) is 59.2 Å². The number of nitrogens with one attached hydrogen (secondary N) is 2. The SMILES string of the molecule is CC(C)c1cccc(C(C)C)c1NC(=O)NCC1(c2ccc(N(C)C)cc2)CCCC1.Cl. The zero-order valence-electron chi connectivity index (χ0n) is 20.5. The van der Waals surface area contributed by atoms with Crippen LogP contribution in [0, 0.1) is 0 Å². The van der Waals surface area contributed by atoms with Crippen LogP contribution in [0.25, 0.3) is 0 Å². The van der Waals surface area contributed by atoms with Crippen LogP contribution in [0.4, 0.5) is 16.2 Å². The van der Waals surface area contributed by atoms with E-state index < -0.39 is 0 Å². The fraction of sp³-hybridized carbons (Fsp3) is 0.519. The van der Waals surface area contributed by atoms with Crippen molar-refractivity contribution in [2.45, 2.75) is 70.6 Å². The lowest BCUT2D eigenvalue weighted by atomic mass is 9.78. The molecular weight excluding hydrogens is 418 g/mol. The van der Waals surface area contributed by atoms with Gasteiger partial charge in [0.15, 0.2) is 0 Å². The highest BCUT2D eigenvalue weighted by molar-refractivity contribution is 5.91. The number of halogens is 1. The summed E-state index contributed by atoms with van der Waals surface area (Å²) >= 11 is 0. The van der Waals surface area contributed by atoms with Crippen LogP contribution in [-0.2, 0) is 5.41 Å². The van der Waals surface area contributed by atoms with E-state index in [-0.39, 0.29) is 23.9 Å². The predicted molar refractivity (Wildman–Crippen MR) is 140 cm³/mol. The fourth-order valence-corrected chi connectivity index (χ4v) is 4.83. The first-order chi connectivity index (χ1) is 14.7. The van der Waals surface area contributed by atoms with Gasteiger partial charge in [0, 0.05) is 37.4 Å².